The number of carboxylic acid groups (broad SMARTS) is 1. The maximum absolute atomic E-state index is 14.1. The first-order valence-corrected chi connectivity index (χ1v) is 13.6. The van der Waals surface area contributed by atoms with Gasteiger partial charge in [0.2, 0.25) is 0 Å². The van der Waals surface area contributed by atoms with E-state index in [1.165, 1.54) is 24.3 Å². The van der Waals surface area contributed by atoms with Crippen LogP contribution in [-0.4, -0.2) is 22.1 Å². The number of amides is 1. The van der Waals surface area contributed by atoms with Crippen LogP contribution in [0.15, 0.2) is 108 Å². The Morgan fingerprint density at radius 2 is 1.55 bits per heavy atom. The summed E-state index contributed by atoms with van der Waals surface area (Å²) in [7, 11) is 0. The fraction of sp³-hybridized carbons (Fsp3) is 0.114. The van der Waals surface area contributed by atoms with Crippen LogP contribution in [0.25, 0.3) is 32.8 Å². The first-order chi connectivity index (χ1) is 20.3. The number of nitrogens with zero attached hydrogens (tertiary/aromatic N) is 1. The molecule has 1 heterocycles. The lowest BCUT2D eigenvalue weighted by Gasteiger charge is -2.17. The molecule has 0 saturated carbocycles. The van der Waals surface area contributed by atoms with Gasteiger partial charge in [0.15, 0.2) is 5.76 Å². The molecule has 0 radical (unpaired) electrons. The zero-order valence-corrected chi connectivity index (χ0v) is 23.0. The predicted octanol–water partition coefficient (Wildman–Crippen LogP) is 8.13. The van der Waals surface area contributed by atoms with Gasteiger partial charge in [-0.05, 0) is 76.3 Å². The first-order valence-electron chi connectivity index (χ1n) is 13.6. The van der Waals surface area contributed by atoms with Crippen molar-refractivity contribution in [3.63, 3.8) is 0 Å². The minimum Gasteiger partial charge on any atom is -0.478 e. The van der Waals surface area contributed by atoms with E-state index in [4.69, 9.17) is 4.52 Å². The van der Waals surface area contributed by atoms with Crippen molar-refractivity contribution in [1.29, 1.82) is 0 Å². The summed E-state index contributed by atoms with van der Waals surface area (Å²) < 4.78 is 20.0. The molecule has 0 aliphatic heterocycles. The monoisotopic (exact) mass is 558 g/mol. The number of fused-ring (bicyclic) bond motifs is 2. The zero-order chi connectivity index (χ0) is 29.4. The van der Waals surface area contributed by atoms with Crippen LogP contribution in [0.4, 0.5) is 4.39 Å². The van der Waals surface area contributed by atoms with E-state index in [0.717, 1.165) is 21.9 Å². The topological polar surface area (TPSA) is 92.4 Å². The Labute approximate surface area is 241 Å². The summed E-state index contributed by atoms with van der Waals surface area (Å²) in [5, 5.41) is 19.4. The third kappa shape index (κ3) is 5.12. The normalized spacial score (nSPS) is 12.7. The van der Waals surface area contributed by atoms with E-state index in [-0.39, 0.29) is 23.2 Å². The molecule has 0 aliphatic carbocycles. The molecule has 0 bridgehead atoms. The number of nitrogens with one attached hydrogen (secondary N) is 1. The third-order valence-corrected chi connectivity index (χ3v) is 7.68. The van der Waals surface area contributed by atoms with Crippen molar-refractivity contribution in [2.24, 2.45) is 0 Å². The van der Waals surface area contributed by atoms with Gasteiger partial charge in [0.05, 0.1) is 22.6 Å². The molecule has 7 heteroatoms. The van der Waals surface area contributed by atoms with Gasteiger partial charge in [0, 0.05) is 5.92 Å². The van der Waals surface area contributed by atoms with Crippen molar-refractivity contribution in [3.8, 4) is 11.1 Å². The Morgan fingerprint density at radius 3 is 2.29 bits per heavy atom. The Bertz CT molecular complexity index is 1960. The highest BCUT2D eigenvalue weighted by Gasteiger charge is 2.25. The summed E-state index contributed by atoms with van der Waals surface area (Å²) in [6, 6.07) is 30.0. The molecule has 2 atom stereocenters. The Balaban J connectivity index is 1.43. The van der Waals surface area contributed by atoms with Crippen LogP contribution in [0.3, 0.4) is 0 Å². The van der Waals surface area contributed by atoms with E-state index >= 15 is 0 Å². The lowest BCUT2D eigenvalue weighted by molar-refractivity contribution is 0.0696. The van der Waals surface area contributed by atoms with Crippen molar-refractivity contribution in [2.45, 2.75) is 25.8 Å². The Kier molecular flexibility index (Phi) is 7.00. The smallest absolute Gasteiger partial charge is 0.335 e. The van der Waals surface area contributed by atoms with E-state index < -0.39 is 12.0 Å². The Hall–Kier alpha value is -5.30. The van der Waals surface area contributed by atoms with Crippen molar-refractivity contribution in [2.75, 3.05) is 0 Å². The molecule has 6 aromatic rings. The molecule has 0 aliphatic rings. The van der Waals surface area contributed by atoms with Crippen molar-refractivity contribution in [1.82, 2.24) is 10.5 Å². The highest BCUT2D eigenvalue weighted by Crippen LogP contribution is 2.36. The van der Waals surface area contributed by atoms with Gasteiger partial charge < -0.3 is 14.9 Å². The molecule has 5 aromatic carbocycles. The van der Waals surface area contributed by atoms with Crippen LogP contribution in [0.2, 0.25) is 0 Å². The average molecular weight is 559 g/mol. The fourth-order valence-electron chi connectivity index (χ4n) is 5.31. The largest absolute Gasteiger partial charge is 0.478 e. The van der Waals surface area contributed by atoms with Crippen molar-refractivity contribution >= 4 is 33.6 Å². The van der Waals surface area contributed by atoms with Crippen LogP contribution in [0, 0.1) is 5.82 Å². The molecule has 208 valence electrons. The highest BCUT2D eigenvalue weighted by molar-refractivity contribution is 6.09. The lowest BCUT2D eigenvalue weighted by atomic mass is 9.91. The maximum atomic E-state index is 14.1. The molecule has 2 N–H and O–H groups in total. The van der Waals surface area contributed by atoms with E-state index in [9.17, 15) is 19.1 Å². The number of carboxylic acids is 1. The third-order valence-electron chi connectivity index (χ3n) is 7.68. The quantitative estimate of drug-likeness (QED) is 0.206. The van der Waals surface area contributed by atoms with Crippen LogP contribution in [0.5, 0.6) is 0 Å². The molecule has 0 unspecified atom stereocenters. The van der Waals surface area contributed by atoms with Crippen LogP contribution in [0.1, 0.15) is 63.4 Å². The number of aromatic carboxylic acids is 1. The van der Waals surface area contributed by atoms with Gasteiger partial charge in [-0.15, -0.1) is 0 Å². The summed E-state index contributed by atoms with van der Waals surface area (Å²) in [6.45, 7) is 3.84. The summed E-state index contributed by atoms with van der Waals surface area (Å²) in [6.07, 6.45) is 0. The SMILES string of the molecule is C[C@@H](c1ccc2ccccc2c1)c1onc2cc(-c3cccc(F)c3)cc(C(=O)N[C@@H](C)c3ccc(C(=O)O)cc3)c12. The van der Waals surface area contributed by atoms with E-state index in [1.807, 2.05) is 32.0 Å². The average Bonchev–Trinajstić information content (AvgIpc) is 3.44. The maximum Gasteiger partial charge on any atom is 0.335 e. The molecule has 0 fully saturated rings. The second kappa shape index (κ2) is 10.9. The van der Waals surface area contributed by atoms with Crippen molar-refractivity contribution < 1.29 is 23.6 Å². The molecule has 1 aromatic heterocycles. The lowest BCUT2D eigenvalue weighted by Crippen LogP contribution is -2.27. The van der Waals surface area contributed by atoms with Gasteiger partial charge in [0.1, 0.15) is 11.3 Å². The summed E-state index contributed by atoms with van der Waals surface area (Å²) in [5.74, 6) is -1.43. The number of halogens is 1. The van der Waals surface area contributed by atoms with E-state index in [2.05, 4.69) is 34.7 Å². The van der Waals surface area contributed by atoms with E-state index in [0.29, 0.717) is 33.4 Å². The summed E-state index contributed by atoms with van der Waals surface area (Å²) in [5.41, 5.74) is 4.01. The molecule has 0 saturated heterocycles. The number of hydrogen-bond acceptors (Lipinski definition) is 4. The van der Waals surface area contributed by atoms with Crippen molar-refractivity contribution in [3.05, 3.63) is 137 Å². The number of aromatic nitrogens is 1. The number of rotatable bonds is 7. The number of carbonyl (C=O) groups excluding carboxylic acids is 1. The Morgan fingerprint density at radius 1 is 0.810 bits per heavy atom. The molecular weight excluding hydrogens is 531 g/mol. The van der Waals surface area contributed by atoms with Gasteiger partial charge in [0.25, 0.3) is 5.91 Å². The number of benzene rings is 5. The second-order valence-corrected chi connectivity index (χ2v) is 10.4. The van der Waals surface area contributed by atoms with Crippen LogP contribution >= 0.6 is 0 Å². The van der Waals surface area contributed by atoms with Crippen LogP contribution < -0.4 is 5.32 Å². The molecule has 1 amide bonds. The van der Waals surface area contributed by atoms with Gasteiger partial charge >= 0.3 is 5.97 Å². The molecular formula is C35H27FN2O4. The van der Waals surface area contributed by atoms with Gasteiger partial charge in [-0.1, -0.05) is 78.8 Å². The molecule has 6 rings (SSSR count). The predicted molar refractivity (Wildman–Crippen MR) is 160 cm³/mol. The van der Waals surface area contributed by atoms with E-state index in [1.54, 1.807) is 36.4 Å². The molecule has 42 heavy (non-hydrogen) atoms. The summed E-state index contributed by atoms with van der Waals surface area (Å²) >= 11 is 0. The zero-order valence-electron chi connectivity index (χ0n) is 23.0. The van der Waals surface area contributed by atoms with Crippen LogP contribution in [-0.2, 0) is 0 Å². The standard InChI is InChI=1S/C35H27FN2O4/c1-20(25-15-12-23-6-3-4-7-26(23)16-25)33-32-30(34(39)37-21(2)22-10-13-24(14-11-22)35(40)41)18-28(19-31(32)38-42-33)27-8-5-9-29(36)17-27/h3-21H,1-2H3,(H,37,39)(H,40,41)/t20-,21-/m0/s1. The second-order valence-electron chi connectivity index (χ2n) is 10.4. The number of hydrogen-bond donors (Lipinski definition) is 2. The van der Waals surface area contributed by atoms with Gasteiger partial charge in [-0.3, -0.25) is 4.79 Å². The molecule has 0 spiro atoms. The first kappa shape index (κ1) is 26.9. The summed E-state index contributed by atoms with van der Waals surface area (Å²) in [4.78, 5) is 25.2. The minimum atomic E-state index is -1.02. The molecule has 6 nitrogen and oxygen atoms in total. The fourth-order valence-corrected chi connectivity index (χ4v) is 5.31. The van der Waals surface area contributed by atoms with Gasteiger partial charge in [-0.25, -0.2) is 9.18 Å². The highest BCUT2D eigenvalue weighted by atomic mass is 19.1. The number of carbonyl (C=O) groups is 2. The minimum absolute atomic E-state index is 0.165. The van der Waals surface area contributed by atoms with Gasteiger partial charge in [-0.2, -0.15) is 0 Å².